The summed E-state index contributed by atoms with van der Waals surface area (Å²) < 4.78 is 112. The van der Waals surface area contributed by atoms with Crippen molar-refractivity contribution in [1.82, 2.24) is 9.64 Å². The molecule has 482 valence electrons. The number of fused-ring (bicyclic) bond motifs is 2. The summed E-state index contributed by atoms with van der Waals surface area (Å²) in [5.74, 6) is -0.433. The van der Waals surface area contributed by atoms with Crippen molar-refractivity contribution >= 4 is 39.7 Å². The topological polar surface area (TPSA) is 251 Å². The summed E-state index contributed by atoms with van der Waals surface area (Å²) >= 11 is 0. The zero-order chi connectivity index (χ0) is 62.1. The minimum atomic E-state index is -4.74. The van der Waals surface area contributed by atoms with Crippen molar-refractivity contribution in [2.45, 2.75) is 88.9 Å². The van der Waals surface area contributed by atoms with Crippen molar-refractivity contribution in [3.05, 3.63) is 82.6 Å². The van der Waals surface area contributed by atoms with Gasteiger partial charge in [-0.25, -0.2) is 17.8 Å². The Morgan fingerprint density at radius 1 is 0.640 bits per heavy atom. The molecule has 0 spiro atoms. The Morgan fingerprint density at radius 3 is 1.58 bits per heavy atom. The molecule has 0 saturated carbocycles. The Bertz CT molecular complexity index is 2670. The van der Waals surface area contributed by atoms with Gasteiger partial charge in [0, 0.05) is 68.5 Å². The highest BCUT2D eigenvalue weighted by atomic mass is 32.2. The van der Waals surface area contributed by atoms with Crippen molar-refractivity contribution in [1.29, 1.82) is 0 Å². The van der Waals surface area contributed by atoms with E-state index >= 15 is 0 Å². The number of amides is 2. The summed E-state index contributed by atoms with van der Waals surface area (Å²) in [4.78, 5) is 43.2. The molecule has 0 bridgehead atoms. The molecule has 3 aliphatic heterocycles. The van der Waals surface area contributed by atoms with E-state index in [1.54, 1.807) is 20.3 Å². The zero-order valence-corrected chi connectivity index (χ0v) is 52.4. The molecule has 0 N–H and O–H groups in total. The highest BCUT2D eigenvalue weighted by molar-refractivity contribution is 7.85. The lowest BCUT2D eigenvalue weighted by Crippen LogP contribution is -2.36. The van der Waals surface area contributed by atoms with E-state index in [1.165, 1.54) is 12.1 Å². The van der Waals surface area contributed by atoms with Gasteiger partial charge in [0.15, 0.2) is 13.1 Å². The van der Waals surface area contributed by atoms with E-state index < -0.39 is 33.3 Å². The van der Waals surface area contributed by atoms with E-state index in [1.807, 2.05) is 44.2 Å². The Kier molecular flexibility index (Phi) is 32.6. The summed E-state index contributed by atoms with van der Waals surface area (Å²) in [7, 11) is -1.47. The predicted octanol–water partition coefficient (Wildman–Crippen LogP) is 5.68. The number of methoxy groups -OCH3 is 2. The number of carbonyl (C=O) groups is 3. The third-order valence-corrected chi connectivity index (χ3v) is 14.8. The van der Waals surface area contributed by atoms with Gasteiger partial charge in [-0.3, -0.25) is 9.59 Å². The number of ether oxygens (including phenoxy) is 12. The monoisotopic (exact) mass is 1230 g/mol. The van der Waals surface area contributed by atoms with Crippen LogP contribution < -0.4 is 14.8 Å². The normalized spacial score (nSPS) is 14.9. The van der Waals surface area contributed by atoms with Crippen LogP contribution in [0.5, 0.6) is 0 Å². The van der Waals surface area contributed by atoms with Crippen molar-refractivity contribution < 1.29 is 93.5 Å². The van der Waals surface area contributed by atoms with Crippen LogP contribution in [0.2, 0.25) is 0 Å². The van der Waals surface area contributed by atoms with Gasteiger partial charge >= 0.3 is 5.97 Å². The van der Waals surface area contributed by atoms with Crippen LogP contribution in [0.3, 0.4) is 0 Å². The molecule has 2 amide bonds. The van der Waals surface area contributed by atoms with Gasteiger partial charge in [0.25, 0.3) is 11.8 Å². The molecule has 1 saturated heterocycles. The van der Waals surface area contributed by atoms with E-state index in [4.69, 9.17) is 66.1 Å². The Labute approximate surface area is 507 Å². The molecule has 3 heterocycles. The van der Waals surface area contributed by atoms with Gasteiger partial charge in [-0.2, -0.15) is 0 Å². The molecule has 1 fully saturated rings. The molecule has 1 aromatic carbocycles. The van der Waals surface area contributed by atoms with Gasteiger partial charge in [-0.15, -0.1) is 5.06 Å². The molecule has 5 rings (SSSR count). The second kappa shape index (κ2) is 39.1. The summed E-state index contributed by atoms with van der Waals surface area (Å²) in [6.45, 7) is 22.3. The minimum absolute atomic E-state index is 0.0165. The first-order valence-corrected chi connectivity index (χ1v) is 31.1. The summed E-state index contributed by atoms with van der Waals surface area (Å²) in [5.41, 5.74) is 3.36. The van der Waals surface area contributed by atoms with Crippen molar-refractivity contribution in [3.8, 4) is 11.3 Å². The number of nitrogens with zero attached hydrogens (tertiary/aromatic N) is 3. The summed E-state index contributed by atoms with van der Waals surface area (Å²) in [6.07, 6.45) is 7.53. The number of unbranched alkanes of at least 4 members (excludes halogenated alkanes) is 2. The van der Waals surface area contributed by atoms with Crippen molar-refractivity contribution in [2.75, 3.05) is 184 Å². The fraction of sp³-hybridized carbons (Fsp3) is 0.645. The van der Waals surface area contributed by atoms with E-state index in [0.29, 0.717) is 206 Å². The fourth-order valence-electron chi connectivity index (χ4n) is 9.37. The molecular formula is C62H93N3O20S. The second-order valence-electron chi connectivity index (χ2n) is 21.8. The number of carbonyl (C=O) groups excluding carboxylic acids is 3. The molecule has 24 heteroatoms. The van der Waals surface area contributed by atoms with Crippen LogP contribution in [-0.2, 0) is 97.0 Å². The maximum absolute atomic E-state index is 12.5. The average molecular weight is 1230 g/mol. The first-order chi connectivity index (χ1) is 41.4. The lowest BCUT2D eigenvalue weighted by atomic mass is 9.82. The third-order valence-electron chi connectivity index (χ3n) is 13.9. The molecule has 23 nitrogen and oxygen atoms in total. The Hall–Kier alpha value is -5.03. The molecule has 0 unspecified atom stereocenters. The summed E-state index contributed by atoms with van der Waals surface area (Å²) in [6, 6.07) is 12.7. The molecule has 0 aromatic heterocycles. The van der Waals surface area contributed by atoms with Crippen molar-refractivity contribution in [3.63, 3.8) is 0 Å². The molecule has 4 aliphatic rings. The van der Waals surface area contributed by atoms with Crippen LogP contribution in [0.1, 0.15) is 90.0 Å². The van der Waals surface area contributed by atoms with E-state index in [0.717, 1.165) is 27.9 Å². The molecule has 0 radical (unpaired) electrons. The number of anilines is 1. The van der Waals surface area contributed by atoms with E-state index in [2.05, 4.69) is 42.4 Å². The average Bonchev–Trinajstić information content (AvgIpc) is 1.87. The first-order valence-electron chi connectivity index (χ1n) is 29.7. The molecule has 1 aliphatic carbocycles. The minimum Gasteiger partial charge on any atom is -0.744 e. The smallest absolute Gasteiger partial charge is 0.333 e. The standard InChI is InChI=1S/C62H93N3O20S/c1-61(2,3)53-47-50(12-11-13-57-62(4,5)54-48-51(86(69,70)71)16-18-55(54)64(57)21-10-8-9-14-60(68)85-65-58(66)19-20-59(65)67)84-56-46-49(15-17-52(53)56)63(22-24-74-30-32-78-38-40-82-44-42-80-36-34-76-28-26-72-6)23-25-75-31-33-79-39-41-83-45-43-81-37-35-77-29-27-73-7/h11-13,15-18,46-48H,8-10,14,19-45H2,1-7H3. The van der Waals surface area contributed by atoms with Crippen LogP contribution in [0.25, 0.3) is 17.4 Å². The van der Waals surface area contributed by atoms with Crippen LogP contribution >= 0.6 is 0 Å². The van der Waals surface area contributed by atoms with Gasteiger partial charge < -0.3 is 75.5 Å². The third kappa shape index (κ3) is 25.2. The lowest BCUT2D eigenvalue weighted by molar-refractivity contribution is -0.197. The van der Waals surface area contributed by atoms with Gasteiger partial charge in [-0.1, -0.05) is 47.1 Å². The second-order valence-corrected chi connectivity index (χ2v) is 23.1. The number of hydrogen-bond donors (Lipinski definition) is 0. The van der Waals surface area contributed by atoms with Gasteiger partial charge in [0.1, 0.15) is 34.9 Å². The maximum atomic E-state index is 12.5. The quantitative estimate of drug-likeness (QED) is 0.0285. The lowest BCUT2D eigenvalue weighted by Gasteiger charge is -2.27. The summed E-state index contributed by atoms with van der Waals surface area (Å²) in [5, 5.41) is 1.47. The number of imide groups is 1. The molecule has 0 atom stereocenters. The van der Waals surface area contributed by atoms with Crippen LogP contribution in [0, 0.1) is 0 Å². The van der Waals surface area contributed by atoms with Crippen molar-refractivity contribution in [2.24, 2.45) is 0 Å². The number of allylic oxidation sites excluding steroid dienone is 3. The molecule has 86 heavy (non-hydrogen) atoms. The van der Waals surface area contributed by atoms with Crippen LogP contribution in [-0.4, -0.2) is 215 Å². The first kappa shape index (κ1) is 71.7. The van der Waals surface area contributed by atoms with Crippen LogP contribution in [0.15, 0.2) is 69.6 Å². The zero-order valence-electron chi connectivity index (χ0n) is 51.6. The SMILES string of the molecule is COCCOCCOCCOCCOCCOCC[N+](CCOCCOCCOCCOCCOCCOC)=c1ccc2c(C(C)(C)C)cc(/C=C/C=C3/N(CCCCCC(=O)ON4C(=O)CCC4=O)c4ccc(S(=O)(=O)[O-])cc4C3(C)C)oc-2c1. The largest absolute Gasteiger partial charge is 0.744 e. The number of benzene rings is 2. The number of hydrogen-bond acceptors (Lipinski definition) is 21. The fourth-order valence-corrected chi connectivity index (χ4v) is 9.86. The van der Waals surface area contributed by atoms with E-state index in [-0.39, 0.29) is 29.6 Å². The number of rotatable bonds is 46. The van der Waals surface area contributed by atoms with Gasteiger partial charge in [0.2, 0.25) is 5.36 Å². The van der Waals surface area contributed by atoms with E-state index in [9.17, 15) is 27.4 Å². The van der Waals surface area contributed by atoms with Crippen LogP contribution in [0.4, 0.5) is 5.69 Å². The highest BCUT2D eigenvalue weighted by Gasteiger charge is 2.40. The molecule has 1 aromatic rings. The van der Waals surface area contributed by atoms with Gasteiger partial charge in [-0.05, 0) is 71.9 Å². The maximum Gasteiger partial charge on any atom is 0.333 e. The Balaban J connectivity index is 1.25. The number of hydroxylamine groups is 2. The molecular weight excluding hydrogens is 1140 g/mol. The Morgan fingerprint density at radius 2 is 1.12 bits per heavy atom. The highest BCUT2D eigenvalue weighted by Crippen LogP contribution is 2.48. The predicted molar refractivity (Wildman–Crippen MR) is 319 cm³/mol. The van der Waals surface area contributed by atoms with Gasteiger partial charge in [0.05, 0.1) is 143 Å².